The van der Waals surface area contributed by atoms with Crippen LogP contribution < -0.4 is 0 Å². The molecule has 2 rings (SSSR count). The molecule has 0 aliphatic rings. The van der Waals surface area contributed by atoms with E-state index in [1.165, 1.54) is 14.2 Å². The van der Waals surface area contributed by atoms with Crippen LogP contribution in [-0.4, -0.2) is 36.4 Å². The largest absolute Gasteiger partial charge is 0.464 e. The highest BCUT2D eigenvalue weighted by molar-refractivity contribution is 9.10. The van der Waals surface area contributed by atoms with Crippen LogP contribution in [0, 0.1) is 0 Å². The number of hydrogen-bond acceptors (Lipinski definition) is 5. The number of aromatic nitrogens is 2. The van der Waals surface area contributed by atoms with Crippen LogP contribution in [0.15, 0.2) is 28.7 Å². The van der Waals surface area contributed by atoms with Gasteiger partial charge in [0.25, 0.3) is 0 Å². The van der Waals surface area contributed by atoms with Gasteiger partial charge in [0, 0.05) is 10.0 Å². The van der Waals surface area contributed by atoms with Gasteiger partial charge in [-0.1, -0.05) is 28.1 Å². The molecule has 0 unspecified atom stereocenters. The summed E-state index contributed by atoms with van der Waals surface area (Å²) in [5.41, 5.74) is 1.14. The first kappa shape index (κ1) is 14.3. The van der Waals surface area contributed by atoms with Gasteiger partial charge >= 0.3 is 11.9 Å². The highest BCUT2D eigenvalue weighted by Crippen LogP contribution is 2.29. The first-order valence-corrected chi connectivity index (χ1v) is 6.38. The molecular formula is C13H11BrN2O4. The molecule has 7 heteroatoms. The number of methoxy groups -OCH3 is 2. The molecule has 2 aromatic rings. The molecule has 0 saturated heterocycles. The van der Waals surface area contributed by atoms with Crippen LogP contribution >= 0.6 is 15.9 Å². The van der Waals surface area contributed by atoms with Gasteiger partial charge in [0.15, 0.2) is 11.4 Å². The summed E-state index contributed by atoms with van der Waals surface area (Å²) in [5, 5.41) is 6.36. The molecule has 0 atom stereocenters. The van der Waals surface area contributed by atoms with E-state index in [0.717, 1.165) is 4.47 Å². The normalized spacial score (nSPS) is 10.2. The van der Waals surface area contributed by atoms with Gasteiger partial charge in [-0.15, -0.1) is 0 Å². The molecule has 0 amide bonds. The van der Waals surface area contributed by atoms with Crippen molar-refractivity contribution in [3.63, 3.8) is 0 Å². The van der Waals surface area contributed by atoms with Crippen molar-refractivity contribution >= 4 is 27.9 Å². The summed E-state index contributed by atoms with van der Waals surface area (Å²) in [6, 6.07) is 7.14. The Morgan fingerprint density at radius 2 is 1.90 bits per heavy atom. The zero-order chi connectivity index (χ0) is 14.7. The second-order valence-electron chi connectivity index (χ2n) is 3.82. The molecular weight excluding hydrogens is 328 g/mol. The first-order valence-electron chi connectivity index (χ1n) is 5.59. The van der Waals surface area contributed by atoms with E-state index in [2.05, 4.69) is 35.6 Å². The minimum absolute atomic E-state index is 0.0333. The van der Waals surface area contributed by atoms with Gasteiger partial charge in [0.1, 0.15) is 0 Å². The number of aromatic amines is 1. The lowest BCUT2D eigenvalue weighted by atomic mass is 10.0. The molecule has 0 aliphatic carbocycles. The summed E-state index contributed by atoms with van der Waals surface area (Å²) in [6.45, 7) is 0. The summed E-state index contributed by atoms with van der Waals surface area (Å²) in [4.78, 5) is 23.5. The highest BCUT2D eigenvalue weighted by Gasteiger charge is 2.25. The molecule has 0 saturated carbocycles. The van der Waals surface area contributed by atoms with Crippen molar-refractivity contribution in [1.82, 2.24) is 10.2 Å². The third-order valence-electron chi connectivity index (χ3n) is 2.65. The summed E-state index contributed by atoms with van der Waals surface area (Å²) < 4.78 is 10.2. The van der Waals surface area contributed by atoms with Crippen molar-refractivity contribution in [3.05, 3.63) is 40.1 Å². The Bertz CT molecular complexity index is 633. The summed E-state index contributed by atoms with van der Waals surface area (Å²) in [6.07, 6.45) is 0. The molecule has 104 valence electrons. The second kappa shape index (κ2) is 5.87. The van der Waals surface area contributed by atoms with Crippen molar-refractivity contribution in [2.45, 2.75) is 0 Å². The third-order valence-corrected chi connectivity index (χ3v) is 3.14. The number of halogens is 1. The standard InChI is InChI=1S/C13H11BrN2O4/c1-19-12(17)10-9(7-4-3-5-8(14)6-7)11(16-15-10)13(18)20-2/h3-6H,1-2H3,(H,15,16). The summed E-state index contributed by atoms with van der Waals surface area (Å²) in [7, 11) is 2.51. The molecule has 6 nitrogen and oxygen atoms in total. The summed E-state index contributed by atoms with van der Waals surface area (Å²) >= 11 is 3.34. The Kier molecular flexibility index (Phi) is 4.19. The molecule has 1 N–H and O–H groups in total. The van der Waals surface area contributed by atoms with Gasteiger partial charge in [-0.2, -0.15) is 5.10 Å². The van der Waals surface area contributed by atoms with Crippen LogP contribution in [0.25, 0.3) is 11.1 Å². The van der Waals surface area contributed by atoms with Crippen molar-refractivity contribution in [2.24, 2.45) is 0 Å². The van der Waals surface area contributed by atoms with Gasteiger partial charge in [0.2, 0.25) is 0 Å². The van der Waals surface area contributed by atoms with Gasteiger partial charge in [-0.05, 0) is 17.7 Å². The SMILES string of the molecule is COC(=O)c1n[nH]c(C(=O)OC)c1-c1cccc(Br)c1. The number of nitrogens with zero attached hydrogens (tertiary/aromatic N) is 1. The predicted molar refractivity (Wildman–Crippen MR) is 74.4 cm³/mol. The van der Waals surface area contributed by atoms with Gasteiger partial charge in [-0.3, -0.25) is 5.10 Å². The van der Waals surface area contributed by atoms with Gasteiger partial charge in [0.05, 0.1) is 14.2 Å². The fourth-order valence-electron chi connectivity index (χ4n) is 1.76. The lowest BCUT2D eigenvalue weighted by Crippen LogP contribution is -2.06. The Morgan fingerprint density at radius 3 is 2.50 bits per heavy atom. The first-order chi connectivity index (χ1) is 9.58. The second-order valence-corrected chi connectivity index (χ2v) is 4.73. The number of nitrogens with one attached hydrogen (secondary N) is 1. The molecule has 1 aromatic heterocycles. The molecule has 0 fully saturated rings. The van der Waals surface area contributed by atoms with E-state index in [4.69, 9.17) is 0 Å². The number of rotatable bonds is 3. The number of H-pyrrole nitrogens is 1. The van der Waals surface area contributed by atoms with Crippen LogP contribution in [-0.2, 0) is 9.47 Å². The number of benzene rings is 1. The summed E-state index contributed by atoms with van der Waals surface area (Å²) in [5.74, 6) is -1.24. The van der Waals surface area contributed by atoms with Crippen LogP contribution in [0.3, 0.4) is 0 Å². The molecule has 20 heavy (non-hydrogen) atoms. The van der Waals surface area contributed by atoms with E-state index >= 15 is 0 Å². The maximum atomic E-state index is 11.8. The van der Waals surface area contributed by atoms with E-state index in [-0.39, 0.29) is 11.4 Å². The van der Waals surface area contributed by atoms with E-state index in [9.17, 15) is 9.59 Å². The Balaban J connectivity index is 2.66. The monoisotopic (exact) mass is 338 g/mol. The molecule has 0 aliphatic heterocycles. The zero-order valence-corrected chi connectivity index (χ0v) is 12.4. The maximum absolute atomic E-state index is 11.8. The fraction of sp³-hybridized carbons (Fsp3) is 0.154. The fourth-order valence-corrected chi connectivity index (χ4v) is 2.16. The molecule has 0 spiro atoms. The number of hydrogen-bond donors (Lipinski definition) is 1. The van der Waals surface area contributed by atoms with Crippen LogP contribution in [0.4, 0.5) is 0 Å². The van der Waals surface area contributed by atoms with E-state index in [1.807, 2.05) is 6.07 Å². The average molecular weight is 339 g/mol. The molecule has 0 bridgehead atoms. The Labute approximate surface area is 123 Å². The minimum atomic E-state index is -0.633. The maximum Gasteiger partial charge on any atom is 0.359 e. The van der Waals surface area contributed by atoms with Crippen molar-refractivity contribution in [3.8, 4) is 11.1 Å². The lowest BCUT2D eigenvalue weighted by Gasteiger charge is -2.05. The number of carbonyl (C=O) groups is 2. The molecule has 1 heterocycles. The predicted octanol–water partition coefficient (Wildman–Crippen LogP) is 2.41. The quantitative estimate of drug-likeness (QED) is 0.869. The third kappa shape index (κ3) is 2.57. The van der Waals surface area contributed by atoms with Gasteiger partial charge in [-0.25, -0.2) is 9.59 Å². The topological polar surface area (TPSA) is 81.3 Å². The Hall–Kier alpha value is -2.15. The minimum Gasteiger partial charge on any atom is -0.464 e. The average Bonchev–Trinajstić information content (AvgIpc) is 2.90. The number of ether oxygens (including phenoxy) is 2. The molecule has 0 radical (unpaired) electrons. The number of esters is 2. The van der Waals surface area contributed by atoms with Crippen molar-refractivity contribution in [2.75, 3.05) is 14.2 Å². The smallest absolute Gasteiger partial charge is 0.359 e. The van der Waals surface area contributed by atoms with E-state index in [0.29, 0.717) is 11.1 Å². The van der Waals surface area contributed by atoms with Crippen molar-refractivity contribution < 1.29 is 19.1 Å². The molecule has 1 aromatic carbocycles. The zero-order valence-electron chi connectivity index (χ0n) is 10.8. The van der Waals surface area contributed by atoms with Crippen LogP contribution in [0.5, 0.6) is 0 Å². The van der Waals surface area contributed by atoms with Gasteiger partial charge < -0.3 is 9.47 Å². The Morgan fingerprint density at radius 1 is 1.20 bits per heavy atom. The van der Waals surface area contributed by atoms with E-state index in [1.54, 1.807) is 18.2 Å². The number of carbonyl (C=O) groups excluding carboxylic acids is 2. The lowest BCUT2D eigenvalue weighted by molar-refractivity contribution is 0.0588. The van der Waals surface area contributed by atoms with E-state index < -0.39 is 11.9 Å². The van der Waals surface area contributed by atoms with Crippen LogP contribution in [0.2, 0.25) is 0 Å². The van der Waals surface area contributed by atoms with Crippen molar-refractivity contribution in [1.29, 1.82) is 0 Å². The van der Waals surface area contributed by atoms with Crippen LogP contribution in [0.1, 0.15) is 21.0 Å². The highest BCUT2D eigenvalue weighted by atomic mass is 79.9.